The Kier molecular flexibility index (Phi) is 9.38. The molecule has 0 unspecified atom stereocenters. The second-order valence-corrected chi connectivity index (χ2v) is 3.57. The maximum atomic E-state index is 11.2. The van der Waals surface area contributed by atoms with E-state index in [1.165, 1.54) is 12.8 Å². The van der Waals surface area contributed by atoms with Gasteiger partial charge in [0.25, 0.3) is 0 Å². The van der Waals surface area contributed by atoms with E-state index in [1.807, 2.05) is 25.2 Å². The number of esters is 1. The van der Waals surface area contributed by atoms with Crippen molar-refractivity contribution in [1.82, 2.24) is 0 Å². The van der Waals surface area contributed by atoms with Gasteiger partial charge in [0.15, 0.2) is 0 Å². The van der Waals surface area contributed by atoms with Crippen LogP contribution in [0.1, 0.15) is 40.0 Å². The van der Waals surface area contributed by atoms with E-state index in [-0.39, 0.29) is 5.97 Å². The Morgan fingerprint density at radius 3 is 2.56 bits per heavy atom. The minimum atomic E-state index is -0.248. The lowest BCUT2D eigenvalue weighted by atomic mass is 10.2. The van der Waals surface area contributed by atoms with E-state index in [0.29, 0.717) is 12.2 Å². The Hall–Kier alpha value is -1.31. The van der Waals surface area contributed by atoms with Crippen molar-refractivity contribution >= 4 is 5.97 Å². The van der Waals surface area contributed by atoms with Gasteiger partial charge in [-0.1, -0.05) is 44.1 Å². The highest BCUT2D eigenvalue weighted by Crippen LogP contribution is 1.97. The van der Waals surface area contributed by atoms with Crippen molar-refractivity contribution in [2.45, 2.75) is 40.0 Å². The van der Waals surface area contributed by atoms with Gasteiger partial charge in [-0.3, -0.25) is 0 Å². The first kappa shape index (κ1) is 14.7. The van der Waals surface area contributed by atoms with Gasteiger partial charge in [-0.05, 0) is 26.3 Å². The molecule has 90 valence electrons. The molecule has 0 aliphatic heterocycles. The van der Waals surface area contributed by atoms with E-state index >= 15 is 0 Å². The summed E-state index contributed by atoms with van der Waals surface area (Å²) in [6.07, 6.45) is 13.2. The molecule has 0 saturated carbocycles. The predicted molar refractivity (Wildman–Crippen MR) is 68.2 cm³/mol. The van der Waals surface area contributed by atoms with Crippen molar-refractivity contribution in [3.8, 4) is 0 Å². The van der Waals surface area contributed by atoms with E-state index in [9.17, 15) is 4.79 Å². The lowest BCUT2D eigenvalue weighted by molar-refractivity contribution is -0.137. The van der Waals surface area contributed by atoms with Gasteiger partial charge < -0.3 is 4.74 Å². The molecule has 0 saturated heterocycles. The Balaban J connectivity index is 3.62. The largest absolute Gasteiger partial charge is 0.458 e. The number of rotatable bonds is 7. The minimum Gasteiger partial charge on any atom is -0.458 e. The number of ether oxygens (including phenoxy) is 1. The second-order valence-electron chi connectivity index (χ2n) is 3.57. The molecule has 0 amide bonds. The number of hydrogen-bond acceptors (Lipinski definition) is 2. The summed E-state index contributed by atoms with van der Waals surface area (Å²) in [6.45, 7) is 6.08. The Bertz CT molecular complexity index is 272. The summed E-state index contributed by atoms with van der Waals surface area (Å²) >= 11 is 0. The Morgan fingerprint density at radius 1 is 1.25 bits per heavy atom. The quantitative estimate of drug-likeness (QED) is 0.283. The Labute approximate surface area is 98.7 Å². The van der Waals surface area contributed by atoms with Crippen molar-refractivity contribution in [3.63, 3.8) is 0 Å². The van der Waals surface area contributed by atoms with E-state index in [4.69, 9.17) is 4.74 Å². The van der Waals surface area contributed by atoms with Gasteiger partial charge in [0.2, 0.25) is 0 Å². The average Bonchev–Trinajstić information content (AvgIpc) is 2.31. The van der Waals surface area contributed by atoms with Crippen LogP contribution in [0.4, 0.5) is 0 Å². The number of hydrogen-bond donors (Lipinski definition) is 0. The highest BCUT2D eigenvalue weighted by atomic mass is 16.5. The molecule has 16 heavy (non-hydrogen) atoms. The molecular weight excluding hydrogens is 200 g/mol. The van der Waals surface area contributed by atoms with Gasteiger partial charge in [0.1, 0.15) is 6.61 Å². The van der Waals surface area contributed by atoms with Crippen LogP contribution in [0.25, 0.3) is 0 Å². The summed E-state index contributed by atoms with van der Waals surface area (Å²) in [6, 6.07) is 0. The van der Waals surface area contributed by atoms with Crippen LogP contribution in [0.15, 0.2) is 36.0 Å². The number of carbonyl (C=O) groups is 1. The normalized spacial score (nSPS) is 12.6. The van der Waals surface area contributed by atoms with Crippen LogP contribution in [-0.4, -0.2) is 12.6 Å². The summed E-state index contributed by atoms with van der Waals surface area (Å²) in [4.78, 5) is 11.2. The average molecular weight is 222 g/mol. The highest BCUT2D eigenvalue weighted by Gasteiger charge is 2.01. The predicted octanol–water partition coefficient (Wildman–Crippen LogP) is 3.80. The smallest absolute Gasteiger partial charge is 0.333 e. The van der Waals surface area contributed by atoms with Gasteiger partial charge in [0.05, 0.1) is 0 Å². The topological polar surface area (TPSA) is 26.3 Å². The van der Waals surface area contributed by atoms with Crippen molar-refractivity contribution < 1.29 is 9.53 Å². The molecule has 0 bridgehead atoms. The zero-order valence-corrected chi connectivity index (χ0v) is 10.5. The third-order valence-corrected chi connectivity index (χ3v) is 2.17. The molecule has 0 atom stereocenters. The summed E-state index contributed by atoms with van der Waals surface area (Å²) in [7, 11) is 0. The number of allylic oxidation sites excluding steroid dienone is 4. The molecule has 0 rings (SSSR count). The van der Waals surface area contributed by atoms with Crippen molar-refractivity contribution in [2.75, 3.05) is 6.61 Å². The fourth-order valence-electron chi connectivity index (χ4n) is 0.986. The maximum Gasteiger partial charge on any atom is 0.333 e. The third-order valence-electron chi connectivity index (χ3n) is 2.17. The molecule has 2 nitrogen and oxygen atoms in total. The SMILES string of the molecule is C/C=C(\C)C(=O)OC/C=C/C=C/CCCC. The summed E-state index contributed by atoms with van der Waals surface area (Å²) in [5.41, 5.74) is 0.645. The molecule has 0 aliphatic carbocycles. The second kappa shape index (κ2) is 10.2. The van der Waals surface area contributed by atoms with E-state index in [1.54, 1.807) is 13.0 Å². The lowest BCUT2D eigenvalue weighted by Crippen LogP contribution is -2.05. The first-order chi connectivity index (χ1) is 7.72. The molecule has 0 spiro atoms. The highest BCUT2D eigenvalue weighted by molar-refractivity contribution is 5.87. The van der Waals surface area contributed by atoms with Gasteiger partial charge in [0, 0.05) is 5.57 Å². The third kappa shape index (κ3) is 8.04. The molecule has 0 radical (unpaired) electrons. The molecule has 0 fully saturated rings. The fraction of sp³-hybridized carbons (Fsp3) is 0.500. The molecule has 0 N–H and O–H groups in total. The van der Waals surface area contributed by atoms with E-state index in [2.05, 4.69) is 13.0 Å². The van der Waals surface area contributed by atoms with Crippen LogP contribution in [0.5, 0.6) is 0 Å². The minimum absolute atomic E-state index is 0.248. The number of carbonyl (C=O) groups excluding carboxylic acids is 1. The monoisotopic (exact) mass is 222 g/mol. The first-order valence-corrected chi connectivity index (χ1v) is 5.84. The molecule has 0 aromatic rings. The molecule has 0 heterocycles. The van der Waals surface area contributed by atoms with Gasteiger partial charge in [-0.2, -0.15) is 0 Å². The molecular formula is C14H22O2. The van der Waals surface area contributed by atoms with E-state index in [0.717, 1.165) is 6.42 Å². The molecule has 0 aromatic heterocycles. The van der Waals surface area contributed by atoms with Crippen molar-refractivity contribution in [2.24, 2.45) is 0 Å². The van der Waals surface area contributed by atoms with Crippen molar-refractivity contribution in [1.29, 1.82) is 0 Å². The molecule has 2 heteroatoms. The maximum absolute atomic E-state index is 11.2. The van der Waals surface area contributed by atoms with Crippen LogP contribution >= 0.6 is 0 Å². The van der Waals surface area contributed by atoms with Crippen LogP contribution in [0.3, 0.4) is 0 Å². The fourth-order valence-corrected chi connectivity index (χ4v) is 0.986. The molecule has 0 aromatic carbocycles. The molecule has 0 aliphatic rings. The van der Waals surface area contributed by atoms with Gasteiger partial charge in [-0.25, -0.2) is 4.79 Å². The summed E-state index contributed by atoms with van der Waals surface area (Å²) in [5.74, 6) is -0.248. The lowest BCUT2D eigenvalue weighted by Gasteiger charge is -1.99. The van der Waals surface area contributed by atoms with Crippen LogP contribution in [0, 0.1) is 0 Å². The summed E-state index contributed by atoms with van der Waals surface area (Å²) < 4.78 is 4.99. The number of unbranched alkanes of at least 4 members (excludes halogenated alkanes) is 2. The van der Waals surface area contributed by atoms with Crippen LogP contribution in [0.2, 0.25) is 0 Å². The van der Waals surface area contributed by atoms with Gasteiger partial charge in [-0.15, -0.1) is 0 Å². The van der Waals surface area contributed by atoms with Crippen molar-refractivity contribution in [3.05, 3.63) is 36.0 Å². The van der Waals surface area contributed by atoms with Gasteiger partial charge >= 0.3 is 5.97 Å². The summed E-state index contributed by atoms with van der Waals surface area (Å²) in [5, 5.41) is 0. The van der Waals surface area contributed by atoms with Crippen LogP contribution in [-0.2, 0) is 9.53 Å². The standard InChI is InChI=1S/C14H22O2/c1-4-6-7-8-9-10-11-12-16-14(15)13(3)5-2/h5,8-11H,4,6-7,12H2,1-3H3/b9-8+,11-10+,13-5+. The zero-order chi connectivity index (χ0) is 12.2. The zero-order valence-electron chi connectivity index (χ0n) is 10.5. The van der Waals surface area contributed by atoms with E-state index < -0.39 is 0 Å². The first-order valence-electron chi connectivity index (χ1n) is 5.84. The van der Waals surface area contributed by atoms with Crippen LogP contribution < -0.4 is 0 Å². The Morgan fingerprint density at radius 2 is 1.94 bits per heavy atom.